The van der Waals surface area contributed by atoms with Crippen LogP contribution in [-0.4, -0.2) is 82.5 Å². The maximum atomic E-state index is 16.0. The molecule has 4 N–H and O–H groups in total. The predicted octanol–water partition coefficient (Wildman–Crippen LogP) is 3.19. The number of ether oxygens (including phenoxy) is 1. The second kappa shape index (κ2) is 12.2. The summed E-state index contributed by atoms with van der Waals surface area (Å²) in [5.74, 6) is 0.350. The molecule has 0 amide bonds. The van der Waals surface area contributed by atoms with Crippen LogP contribution in [0.15, 0.2) is 31.2 Å². The summed E-state index contributed by atoms with van der Waals surface area (Å²) in [5.41, 5.74) is 7.36. The zero-order valence-electron chi connectivity index (χ0n) is 22.3. The number of anilines is 1. The van der Waals surface area contributed by atoms with E-state index in [1.54, 1.807) is 12.4 Å². The Balaban J connectivity index is 1.12. The van der Waals surface area contributed by atoms with Gasteiger partial charge in [0.2, 0.25) is 0 Å². The highest BCUT2D eigenvalue weighted by Gasteiger charge is 2.50. The Labute approximate surface area is 259 Å². The number of hydrogen-bond acceptors (Lipinski definition) is 13. The van der Waals surface area contributed by atoms with Crippen molar-refractivity contribution in [3.05, 3.63) is 36.4 Å². The van der Waals surface area contributed by atoms with Gasteiger partial charge in [-0.25, -0.2) is 29.3 Å². The molecule has 0 aromatic carbocycles. The Morgan fingerprint density at radius 1 is 1.07 bits per heavy atom. The van der Waals surface area contributed by atoms with E-state index in [2.05, 4.69) is 24.9 Å². The van der Waals surface area contributed by atoms with Crippen molar-refractivity contribution < 1.29 is 37.0 Å². The largest absolute Gasteiger partial charge is 0.382 e. The van der Waals surface area contributed by atoms with E-state index in [4.69, 9.17) is 63.8 Å². The molecule has 21 heteroatoms. The van der Waals surface area contributed by atoms with Crippen LogP contribution in [0.3, 0.4) is 0 Å². The fraction of sp³-hybridized carbons (Fsp3) is 0.500. The van der Waals surface area contributed by atoms with Crippen molar-refractivity contribution in [1.29, 1.82) is 0 Å². The van der Waals surface area contributed by atoms with E-state index in [1.807, 2.05) is 4.57 Å². The lowest BCUT2D eigenvalue weighted by Gasteiger charge is -2.36. The van der Waals surface area contributed by atoms with Crippen LogP contribution in [0.4, 0.5) is 10.2 Å². The van der Waals surface area contributed by atoms with Gasteiger partial charge in [0.05, 0.1) is 24.9 Å². The molecule has 6 rings (SSSR count). The van der Waals surface area contributed by atoms with Gasteiger partial charge < -0.3 is 43.0 Å². The van der Waals surface area contributed by atoms with Gasteiger partial charge in [0.25, 0.3) is 0 Å². The van der Waals surface area contributed by atoms with Gasteiger partial charge in [-0.05, 0) is 48.4 Å². The van der Waals surface area contributed by atoms with Gasteiger partial charge in [0.15, 0.2) is 23.9 Å². The highest BCUT2D eigenvalue weighted by atomic mass is 35.5. The van der Waals surface area contributed by atoms with Crippen LogP contribution in [0.25, 0.3) is 22.2 Å². The third-order valence-corrected chi connectivity index (χ3v) is 10.9. The molecular weight excluding hydrogens is 669 g/mol. The second-order valence-corrected chi connectivity index (χ2v) is 16.1. The zero-order valence-corrected chi connectivity index (χ0v) is 26.5. The first-order valence-electron chi connectivity index (χ1n) is 12.8. The van der Waals surface area contributed by atoms with Gasteiger partial charge in [-0.1, -0.05) is 11.6 Å². The van der Waals surface area contributed by atoms with Crippen LogP contribution >= 0.6 is 25.0 Å². The number of hydrogen-bond donors (Lipinski definition) is 3. The Hall–Kier alpha value is -1.79. The summed E-state index contributed by atoms with van der Waals surface area (Å²) >= 11 is 16.3. The zero-order chi connectivity index (χ0) is 30.5. The van der Waals surface area contributed by atoms with E-state index < -0.39 is 44.7 Å². The van der Waals surface area contributed by atoms with E-state index in [-0.39, 0.29) is 23.7 Å². The lowest BCUT2D eigenvalue weighted by atomic mass is 9.81. The first-order valence-corrected chi connectivity index (χ1v) is 18.4. The van der Waals surface area contributed by atoms with E-state index in [0.717, 1.165) is 0 Å². The van der Waals surface area contributed by atoms with Crippen molar-refractivity contribution >= 4 is 76.7 Å². The quantitative estimate of drug-likeness (QED) is 0.153. The summed E-state index contributed by atoms with van der Waals surface area (Å²) in [7, 11) is 1.19. The summed E-state index contributed by atoms with van der Waals surface area (Å²) in [6.45, 7) is -7.92. The summed E-state index contributed by atoms with van der Waals surface area (Å²) in [6.07, 6.45) is 1.48. The van der Waals surface area contributed by atoms with Gasteiger partial charge >= 0.3 is 13.4 Å². The summed E-state index contributed by atoms with van der Waals surface area (Å²) in [6, 6.07) is 1.72. The molecule has 0 radical (unpaired) electrons. The highest BCUT2D eigenvalue weighted by Crippen LogP contribution is 2.52. The van der Waals surface area contributed by atoms with Gasteiger partial charge in [-0.3, -0.25) is 4.52 Å². The average Bonchev–Trinajstić information content (AvgIpc) is 3.64. The van der Waals surface area contributed by atoms with Crippen LogP contribution in [0.2, 0.25) is 5.15 Å². The van der Waals surface area contributed by atoms with Crippen molar-refractivity contribution in [3.63, 3.8) is 0 Å². The fourth-order valence-corrected chi connectivity index (χ4v) is 7.44. The lowest BCUT2D eigenvalue weighted by molar-refractivity contribution is -0.0424. The van der Waals surface area contributed by atoms with Crippen LogP contribution in [0.1, 0.15) is 25.1 Å². The topological polar surface area (TPSA) is 187 Å². The lowest BCUT2D eigenvalue weighted by Crippen LogP contribution is -2.34. The molecule has 4 aromatic rings. The van der Waals surface area contributed by atoms with E-state index >= 15 is 4.39 Å². The van der Waals surface area contributed by atoms with Crippen molar-refractivity contribution in [2.75, 3.05) is 26.1 Å². The highest BCUT2D eigenvalue weighted by molar-refractivity contribution is 8.07. The molecule has 43 heavy (non-hydrogen) atoms. The molecule has 5 heterocycles. The normalized spacial score (nSPS) is 28.6. The van der Waals surface area contributed by atoms with Gasteiger partial charge in [-0.2, -0.15) is 0 Å². The van der Waals surface area contributed by atoms with Crippen molar-refractivity contribution in [1.82, 2.24) is 34.1 Å². The van der Waals surface area contributed by atoms with Gasteiger partial charge in [-0.15, -0.1) is 0 Å². The standard InChI is InChI=1S/C22H26ClFN8O7P2S2/c1-35-40(33,42)37-7-14-17(15(24)22(38-14)31-3-2-13-18(23)26-8-28-20(13)31)39-41(34,43)36-6-11-4-12(5-11)32-10-30-16-19(25)27-9-29-21(16)32/h2-3,8-12,14-15,17,22H,4-7H2,1H3,(H,33,42)(H,34,43)(H2,25,27,29)/t11-,12+,14-,15+,17-,22-,40?,41?/m1/s1. The Morgan fingerprint density at radius 3 is 2.56 bits per heavy atom. The first-order chi connectivity index (χ1) is 20.5. The van der Waals surface area contributed by atoms with E-state index in [0.29, 0.717) is 40.9 Å². The third kappa shape index (κ3) is 6.34. The molecule has 6 atom stereocenters. The van der Waals surface area contributed by atoms with Crippen LogP contribution in [-0.2, 0) is 46.4 Å². The molecule has 2 unspecified atom stereocenters. The SMILES string of the molecule is COP(O)(=S)OC[C@H]1O[C@@H](n2ccc3c(Cl)ncnc32)[C@@H](F)[C@@H]1OP(O)(=S)OC[C@H]1C[C@@H](n2cnc3c(N)ncnc32)C1. The third-order valence-electron chi connectivity index (χ3n) is 7.35. The molecule has 1 saturated carbocycles. The monoisotopic (exact) mass is 694 g/mol. The number of rotatable bonds is 11. The molecule has 1 aliphatic heterocycles. The van der Waals surface area contributed by atoms with Crippen molar-refractivity contribution in [3.8, 4) is 0 Å². The Bertz CT molecular complexity index is 1750. The molecule has 1 saturated heterocycles. The van der Waals surface area contributed by atoms with Crippen LogP contribution in [0, 0.1) is 5.92 Å². The average molecular weight is 695 g/mol. The molecule has 0 bridgehead atoms. The fourth-order valence-electron chi connectivity index (χ4n) is 5.13. The molecule has 4 aromatic heterocycles. The number of alkyl halides is 1. The van der Waals surface area contributed by atoms with Crippen molar-refractivity contribution in [2.24, 2.45) is 5.92 Å². The minimum Gasteiger partial charge on any atom is -0.382 e. The molecule has 1 aliphatic carbocycles. The minimum atomic E-state index is -3.97. The Kier molecular flexibility index (Phi) is 8.85. The van der Waals surface area contributed by atoms with E-state index in [9.17, 15) is 9.79 Å². The number of halogens is 2. The van der Waals surface area contributed by atoms with Gasteiger partial charge in [0, 0.05) is 19.3 Å². The van der Waals surface area contributed by atoms with Crippen molar-refractivity contribution in [2.45, 2.75) is 43.5 Å². The number of imidazole rings is 1. The number of aromatic nitrogens is 7. The molecule has 15 nitrogen and oxygen atoms in total. The number of nitrogens with two attached hydrogens (primary N) is 1. The minimum absolute atomic E-state index is 0.0463. The summed E-state index contributed by atoms with van der Waals surface area (Å²) < 4.78 is 46.7. The molecule has 232 valence electrons. The maximum Gasteiger partial charge on any atom is 0.324 e. The molecule has 2 fully saturated rings. The number of fused-ring (bicyclic) bond motifs is 2. The summed E-state index contributed by atoms with van der Waals surface area (Å²) in [5, 5.41) is 0.665. The first kappa shape index (κ1) is 31.2. The van der Waals surface area contributed by atoms with E-state index in [1.165, 1.54) is 30.5 Å². The smallest absolute Gasteiger partial charge is 0.324 e. The van der Waals surface area contributed by atoms with Gasteiger partial charge in [0.1, 0.15) is 41.2 Å². The van der Waals surface area contributed by atoms with Crippen LogP contribution in [0.5, 0.6) is 0 Å². The molecule has 2 aliphatic rings. The van der Waals surface area contributed by atoms with Crippen LogP contribution < -0.4 is 5.73 Å². The summed E-state index contributed by atoms with van der Waals surface area (Å²) in [4.78, 5) is 41.7. The predicted molar refractivity (Wildman–Crippen MR) is 160 cm³/mol. The number of nitrogens with zero attached hydrogens (tertiary/aromatic N) is 7. The number of nitrogen functional groups attached to an aromatic ring is 1. The Morgan fingerprint density at radius 2 is 1.79 bits per heavy atom. The maximum absolute atomic E-state index is 16.0. The second-order valence-electron chi connectivity index (χ2n) is 9.99. The molecular formula is C22H26ClFN8O7P2S2. The molecule has 0 spiro atoms.